The number of azo groups is 1. The minimum absolute atomic E-state index is 0.0567. The first kappa shape index (κ1) is 22.4. The van der Waals surface area contributed by atoms with Gasteiger partial charge in [-0.2, -0.15) is 0 Å². The fraction of sp³-hybridized carbons (Fsp3) is 0.182. The fourth-order valence-electron chi connectivity index (χ4n) is 2.76. The summed E-state index contributed by atoms with van der Waals surface area (Å²) in [6, 6.07) is 13.3. The quantitative estimate of drug-likeness (QED) is 0.539. The number of primary amides is 1. The predicted molar refractivity (Wildman–Crippen MR) is 116 cm³/mol. The Bertz CT molecular complexity index is 1110. The third kappa shape index (κ3) is 4.54. The van der Waals surface area contributed by atoms with Gasteiger partial charge in [-0.25, -0.2) is 0 Å². The lowest BCUT2D eigenvalue weighted by Crippen LogP contribution is -2.17. The standard InChI is InChI=1S/C20H18N4O4.C2H6/c1-22-20(27)12-7-8-16(28-2)15(10-12)23-24-17-13-6-4-3-5-11(13)9-14(18(17)25)19(21)26;1-2/h3-10,25H,1-2H3,(H2,21,26)(H,22,27);1-2H3. The van der Waals surface area contributed by atoms with Crippen molar-refractivity contribution < 1.29 is 19.4 Å². The van der Waals surface area contributed by atoms with E-state index in [1.165, 1.54) is 26.3 Å². The molecular formula is C22H24N4O4. The summed E-state index contributed by atoms with van der Waals surface area (Å²) in [4.78, 5) is 23.5. The number of nitrogens with zero attached hydrogens (tertiary/aromatic N) is 2. The number of nitrogens with two attached hydrogens (primary N) is 1. The number of hydrogen-bond donors (Lipinski definition) is 3. The molecule has 0 aliphatic rings. The van der Waals surface area contributed by atoms with Crippen LogP contribution in [0.15, 0.2) is 58.8 Å². The number of phenols is 1. The van der Waals surface area contributed by atoms with Crippen LogP contribution in [0.25, 0.3) is 10.8 Å². The smallest absolute Gasteiger partial charge is 0.252 e. The van der Waals surface area contributed by atoms with Crippen LogP contribution in [0.2, 0.25) is 0 Å². The number of carbonyl (C=O) groups excluding carboxylic acids is 2. The summed E-state index contributed by atoms with van der Waals surface area (Å²) in [5.74, 6) is -1.04. The maximum atomic E-state index is 11.9. The van der Waals surface area contributed by atoms with Crippen molar-refractivity contribution >= 4 is 34.0 Å². The molecule has 0 saturated heterocycles. The van der Waals surface area contributed by atoms with Crippen LogP contribution in [-0.4, -0.2) is 31.1 Å². The Morgan fingerprint density at radius 3 is 2.40 bits per heavy atom. The third-order valence-electron chi connectivity index (χ3n) is 4.19. The summed E-state index contributed by atoms with van der Waals surface area (Å²) >= 11 is 0. The van der Waals surface area contributed by atoms with E-state index in [0.29, 0.717) is 22.1 Å². The summed E-state index contributed by atoms with van der Waals surface area (Å²) in [6.07, 6.45) is 0. The molecule has 0 aliphatic carbocycles. The van der Waals surface area contributed by atoms with Crippen molar-refractivity contribution in [3.05, 3.63) is 59.7 Å². The molecule has 3 aromatic rings. The minimum Gasteiger partial charge on any atom is -0.505 e. The number of aromatic hydroxyl groups is 1. The van der Waals surface area contributed by atoms with E-state index in [0.717, 1.165) is 0 Å². The lowest BCUT2D eigenvalue weighted by Gasteiger charge is -2.09. The van der Waals surface area contributed by atoms with Crippen LogP contribution in [0.5, 0.6) is 11.5 Å². The lowest BCUT2D eigenvalue weighted by molar-refractivity contribution is 0.0961. The van der Waals surface area contributed by atoms with Gasteiger partial charge in [0.2, 0.25) is 0 Å². The predicted octanol–water partition coefficient (Wildman–Crippen LogP) is 4.45. The number of amides is 2. The molecule has 0 fully saturated rings. The topological polar surface area (TPSA) is 126 Å². The van der Waals surface area contributed by atoms with Gasteiger partial charge < -0.3 is 20.9 Å². The van der Waals surface area contributed by atoms with Crippen LogP contribution in [-0.2, 0) is 0 Å². The van der Waals surface area contributed by atoms with Crippen LogP contribution in [0, 0.1) is 0 Å². The van der Waals surface area contributed by atoms with Gasteiger partial charge in [-0.15, -0.1) is 10.2 Å². The average Bonchev–Trinajstić information content (AvgIpc) is 2.78. The molecule has 0 radical (unpaired) electrons. The summed E-state index contributed by atoms with van der Waals surface area (Å²) in [6.45, 7) is 4.00. The molecule has 3 aromatic carbocycles. The molecule has 0 bridgehead atoms. The molecular weight excluding hydrogens is 384 g/mol. The van der Waals surface area contributed by atoms with Crippen molar-refractivity contribution in [2.24, 2.45) is 16.0 Å². The fourth-order valence-corrected chi connectivity index (χ4v) is 2.76. The van der Waals surface area contributed by atoms with E-state index in [9.17, 15) is 14.7 Å². The SMILES string of the molecule is CC.CNC(=O)c1ccc(OC)c(N=Nc2c(O)c(C(N)=O)cc3ccccc23)c1. The second-order valence-corrected chi connectivity index (χ2v) is 5.87. The first-order chi connectivity index (χ1) is 14.5. The van der Waals surface area contributed by atoms with Crippen LogP contribution in [0.4, 0.5) is 11.4 Å². The molecule has 8 heteroatoms. The van der Waals surface area contributed by atoms with Crippen LogP contribution < -0.4 is 15.8 Å². The van der Waals surface area contributed by atoms with E-state index in [2.05, 4.69) is 15.5 Å². The Morgan fingerprint density at radius 2 is 1.77 bits per heavy atom. The van der Waals surface area contributed by atoms with Crippen molar-refractivity contribution in [2.75, 3.05) is 14.2 Å². The van der Waals surface area contributed by atoms with Gasteiger partial charge in [-0.05, 0) is 29.7 Å². The van der Waals surface area contributed by atoms with E-state index in [1.807, 2.05) is 13.8 Å². The number of methoxy groups -OCH3 is 1. The number of benzene rings is 3. The van der Waals surface area contributed by atoms with Gasteiger partial charge in [0.1, 0.15) is 17.1 Å². The number of carbonyl (C=O) groups is 2. The summed E-state index contributed by atoms with van der Waals surface area (Å²) < 4.78 is 5.26. The molecule has 4 N–H and O–H groups in total. The molecule has 0 atom stereocenters. The molecule has 0 saturated carbocycles. The highest BCUT2D eigenvalue weighted by Crippen LogP contribution is 2.40. The highest BCUT2D eigenvalue weighted by Gasteiger charge is 2.16. The van der Waals surface area contributed by atoms with Crippen molar-refractivity contribution in [3.8, 4) is 11.5 Å². The zero-order valence-electron chi connectivity index (χ0n) is 17.3. The molecule has 156 valence electrons. The van der Waals surface area contributed by atoms with Crippen molar-refractivity contribution in [2.45, 2.75) is 13.8 Å². The maximum absolute atomic E-state index is 11.9. The van der Waals surface area contributed by atoms with Gasteiger partial charge in [0.25, 0.3) is 11.8 Å². The molecule has 0 spiro atoms. The first-order valence-corrected chi connectivity index (χ1v) is 9.32. The Hall–Kier alpha value is -3.94. The first-order valence-electron chi connectivity index (χ1n) is 9.32. The molecule has 8 nitrogen and oxygen atoms in total. The van der Waals surface area contributed by atoms with Gasteiger partial charge in [0, 0.05) is 18.0 Å². The van der Waals surface area contributed by atoms with Crippen molar-refractivity contribution in [1.82, 2.24) is 5.32 Å². The van der Waals surface area contributed by atoms with E-state index in [4.69, 9.17) is 10.5 Å². The minimum atomic E-state index is -0.779. The molecule has 3 rings (SSSR count). The zero-order chi connectivity index (χ0) is 22.3. The van der Waals surface area contributed by atoms with Gasteiger partial charge in [0.05, 0.1) is 12.7 Å². The molecule has 30 heavy (non-hydrogen) atoms. The highest BCUT2D eigenvalue weighted by molar-refractivity contribution is 6.06. The Labute approximate surface area is 174 Å². The van der Waals surface area contributed by atoms with Crippen LogP contribution in [0.3, 0.4) is 0 Å². The highest BCUT2D eigenvalue weighted by atomic mass is 16.5. The van der Waals surface area contributed by atoms with E-state index < -0.39 is 5.91 Å². The van der Waals surface area contributed by atoms with Gasteiger partial charge in [0.15, 0.2) is 5.75 Å². The van der Waals surface area contributed by atoms with Crippen LogP contribution in [0.1, 0.15) is 34.6 Å². The number of fused-ring (bicyclic) bond motifs is 1. The largest absolute Gasteiger partial charge is 0.505 e. The second kappa shape index (κ2) is 10.0. The molecule has 2 amide bonds. The van der Waals surface area contributed by atoms with E-state index >= 15 is 0 Å². The van der Waals surface area contributed by atoms with Crippen molar-refractivity contribution in [3.63, 3.8) is 0 Å². The Balaban J connectivity index is 0.00000155. The van der Waals surface area contributed by atoms with Crippen LogP contribution >= 0.6 is 0 Å². The average molecular weight is 408 g/mol. The Morgan fingerprint density at radius 1 is 1.07 bits per heavy atom. The zero-order valence-corrected chi connectivity index (χ0v) is 17.3. The second-order valence-electron chi connectivity index (χ2n) is 5.87. The summed E-state index contributed by atoms with van der Waals surface area (Å²) in [5.41, 5.74) is 6.06. The molecule has 0 unspecified atom stereocenters. The molecule has 0 heterocycles. The monoisotopic (exact) mass is 408 g/mol. The maximum Gasteiger partial charge on any atom is 0.252 e. The number of nitrogens with one attached hydrogen (secondary N) is 1. The van der Waals surface area contributed by atoms with Gasteiger partial charge >= 0.3 is 0 Å². The Kier molecular flexibility index (Phi) is 7.46. The van der Waals surface area contributed by atoms with E-state index in [1.54, 1.807) is 36.4 Å². The number of rotatable bonds is 5. The van der Waals surface area contributed by atoms with Gasteiger partial charge in [-0.3, -0.25) is 9.59 Å². The molecule has 0 aromatic heterocycles. The van der Waals surface area contributed by atoms with E-state index in [-0.39, 0.29) is 28.6 Å². The third-order valence-corrected chi connectivity index (χ3v) is 4.19. The normalized spacial score (nSPS) is 10.4. The van der Waals surface area contributed by atoms with Gasteiger partial charge in [-0.1, -0.05) is 38.1 Å². The summed E-state index contributed by atoms with van der Waals surface area (Å²) in [5, 5.41) is 22.6. The number of ether oxygens (including phenoxy) is 1. The molecule has 0 aliphatic heterocycles. The summed E-state index contributed by atoms with van der Waals surface area (Å²) in [7, 11) is 2.99. The number of hydrogen-bond acceptors (Lipinski definition) is 6. The lowest BCUT2D eigenvalue weighted by atomic mass is 10.0. The van der Waals surface area contributed by atoms with Crippen molar-refractivity contribution in [1.29, 1.82) is 0 Å².